The van der Waals surface area contributed by atoms with E-state index in [0.29, 0.717) is 6.29 Å². The molecule has 22 heteroatoms. The van der Waals surface area contributed by atoms with Gasteiger partial charge in [0.05, 0.1) is 31.8 Å². The Labute approximate surface area is 254 Å². The molecule has 2 atom stereocenters. The quantitative estimate of drug-likeness (QED) is 0.0516. The van der Waals surface area contributed by atoms with Crippen LogP contribution in [0.2, 0.25) is 0 Å². The van der Waals surface area contributed by atoms with Crippen LogP contribution in [0.3, 0.4) is 0 Å². The van der Waals surface area contributed by atoms with Crippen LogP contribution in [-0.2, 0) is 14.4 Å². The molecular formula is C22H29ClN10O11. The van der Waals surface area contributed by atoms with Crippen LogP contribution in [0.25, 0.3) is 0 Å². The van der Waals surface area contributed by atoms with E-state index in [1.807, 2.05) is 0 Å². The van der Waals surface area contributed by atoms with Gasteiger partial charge in [0.1, 0.15) is 29.7 Å². The molecule has 0 heterocycles. The Balaban J connectivity index is 0. The summed E-state index contributed by atoms with van der Waals surface area (Å²) in [4.78, 5) is 70.6. The van der Waals surface area contributed by atoms with Crippen molar-refractivity contribution in [2.75, 3.05) is 24.9 Å². The monoisotopic (exact) mass is 644 g/mol. The second-order valence-corrected chi connectivity index (χ2v) is 7.86. The molecule has 6 N–H and O–H groups in total. The van der Waals surface area contributed by atoms with Crippen LogP contribution in [0.15, 0.2) is 41.5 Å². The first-order valence-electron chi connectivity index (χ1n) is 11.6. The number of nitro groups is 4. The number of rotatable bonds is 13. The number of nitrogens with zero attached hydrogens (tertiary/aromatic N) is 5. The number of nitro benzene ring substituents is 4. The molecule has 0 spiro atoms. The molecule has 0 aliphatic heterocycles. The van der Waals surface area contributed by atoms with E-state index in [9.17, 15) is 54.8 Å². The summed E-state index contributed by atoms with van der Waals surface area (Å²) in [5, 5.41) is 51.2. The third-order valence-corrected chi connectivity index (χ3v) is 4.98. The minimum absolute atomic E-state index is 0. The molecule has 0 aromatic heterocycles. The van der Waals surface area contributed by atoms with Crippen LogP contribution in [0.5, 0.6) is 0 Å². The maximum Gasteiger partial charge on any atom is 0.301 e. The number of likely N-dealkylation sites (N-methyl/N-ethyl adjacent to an activating group) is 2. The van der Waals surface area contributed by atoms with Gasteiger partial charge >= 0.3 is 11.4 Å². The minimum Gasteiger partial charge on any atom is -0.318 e. The zero-order valence-electron chi connectivity index (χ0n) is 23.5. The number of aldehydes is 1. The van der Waals surface area contributed by atoms with Gasteiger partial charge in [-0.25, -0.2) is 0 Å². The van der Waals surface area contributed by atoms with Crippen LogP contribution >= 0.6 is 12.4 Å². The lowest BCUT2D eigenvalue weighted by Gasteiger charge is -2.06. The Kier molecular flexibility index (Phi) is 18.8. The van der Waals surface area contributed by atoms with Gasteiger partial charge in [0.15, 0.2) is 11.6 Å². The number of ketones is 2. The molecule has 0 fully saturated rings. The fourth-order valence-corrected chi connectivity index (χ4v) is 2.72. The molecule has 21 nitrogen and oxygen atoms in total. The van der Waals surface area contributed by atoms with Crippen molar-refractivity contribution in [1.29, 1.82) is 0 Å². The number of Topliss-reactive ketones (excluding diaryl/α,β-unsaturated/α-hetero) is 2. The van der Waals surface area contributed by atoms with Crippen LogP contribution in [-0.4, -0.2) is 69.9 Å². The first-order valence-corrected chi connectivity index (χ1v) is 11.6. The van der Waals surface area contributed by atoms with Crippen molar-refractivity contribution in [3.63, 3.8) is 0 Å². The summed E-state index contributed by atoms with van der Waals surface area (Å²) in [5.74, 6) is 4.66. The summed E-state index contributed by atoms with van der Waals surface area (Å²) in [7, 11) is 3.13. The number of non-ortho nitro benzene ring substituents is 2. The van der Waals surface area contributed by atoms with Gasteiger partial charge in [0, 0.05) is 18.3 Å². The average Bonchev–Trinajstić information content (AvgIpc) is 2.95. The summed E-state index contributed by atoms with van der Waals surface area (Å²) in [6, 6.07) is 5.03. The number of hydrogen-bond acceptors (Lipinski definition) is 17. The number of nitrogen functional groups attached to an aromatic ring is 1. The molecule has 44 heavy (non-hydrogen) atoms. The van der Waals surface area contributed by atoms with E-state index < -0.39 is 48.8 Å². The number of nitrogens with two attached hydrogens (primary N) is 1. The Bertz CT molecular complexity index is 1390. The molecule has 0 saturated heterocycles. The number of anilines is 2. The normalized spacial score (nSPS) is 11.1. The molecule has 0 unspecified atom stereocenters. The molecule has 0 amide bonds. The lowest BCUT2D eigenvalue weighted by Crippen LogP contribution is -2.33. The Hall–Kier alpha value is -5.51. The maximum atomic E-state index is 11.1. The lowest BCUT2D eigenvalue weighted by molar-refractivity contribution is -0.393. The number of hydrazone groups is 1. The Morgan fingerprint density at radius 2 is 1.18 bits per heavy atom. The summed E-state index contributed by atoms with van der Waals surface area (Å²) in [6.45, 7) is 2.73. The van der Waals surface area contributed by atoms with Gasteiger partial charge < -0.3 is 20.9 Å². The molecule has 2 rings (SSSR count). The molecule has 2 aromatic rings. The first-order chi connectivity index (χ1) is 20.1. The number of halogens is 1. The van der Waals surface area contributed by atoms with Crippen molar-refractivity contribution >= 4 is 70.6 Å². The van der Waals surface area contributed by atoms with Crippen molar-refractivity contribution in [1.82, 2.24) is 10.6 Å². The third kappa shape index (κ3) is 13.4. The van der Waals surface area contributed by atoms with Crippen molar-refractivity contribution < 1.29 is 34.1 Å². The summed E-state index contributed by atoms with van der Waals surface area (Å²) in [5.41, 5.74) is 2.83. The fourth-order valence-electron chi connectivity index (χ4n) is 2.72. The summed E-state index contributed by atoms with van der Waals surface area (Å²) < 4.78 is 0. The van der Waals surface area contributed by atoms with Crippen LogP contribution in [0.4, 0.5) is 34.1 Å². The van der Waals surface area contributed by atoms with Gasteiger partial charge in [0.25, 0.3) is 11.4 Å². The highest BCUT2D eigenvalue weighted by atomic mass is 35.5. The van der Waals surface area contributed by atoms with Crippen molar-refractivity contribution in [3.8, 4) is 0 Å². The molecule has 0 radical (unpaired) electrons. The van der Waals surface area contributed by atoms with Gasteiger partial charge in [-0.15, -0.1) is 12.4 Å². The third-order valence-electron chi connectivity index (χ3n) is 4.98. The Morgan fingerprint density at radius 1 is 0.773 bits per heavy atom. The van der Waals surface area contributed by atoms with Gasteiger partial charge in [-0.3, -0.25) is 61.3 Å². The van der Waals surface area contributed by atoms with Gasteiger partial charge in [-0.1, -0.05) is 0 Å². The van der Waals surface area contributed by atoms with E-state index in [0.717, 1.165) is 24.3 Å². The molecular weight excluding hydrogens is 616 g/mol. The van der Waals surface area contributed by atoms with E-state index in [1.165, 1.54) is 32.2 Å². The molecule has 240 valence electrons. The van der Waals surface area contributed by atoms with E-state index in [4.69, 9.17) is 5.84 Å². The van der Waals surface area contributed by atoms with Crippen molar-refractivity contribution in [2.24, 2.45) is 10.9 Å². The average molecular weight is 645 g/mol. The number of hydrogen-bond donors (Lipinski definition) is 5. The van der Waals surface area contributed by atoms with E-state index in [1.54, 1.807) is 14.1 Å². The zero-order valence-corrected chi connectivity index (χ0v) is 24.3. The zero-order chi connectivity index (χ0) is 33.3. The summed E-state index contributed by atoms with van der Waals surface area (Å²) in [6.07, 6.45) is 1.83. The van der Waals surface area contributed by atoms with Crippen LogP contribution in [0.1, 0.15) is 13.8 Å². The molecule has 0 aliphatic carbocycles. The Morgan fingerprint density at radius 3 is 1.48 bits per heavy atom. The number of nitrogens with one attached hydrogen (secondary N) is 4. The molecule has 2 aromatic carbocycles. The first kappa shape index (κ1) is 40.6. The predicted molar refractivity (Wildman–Crippen MR) is 160 cm³/mol. The highest BCUT2D eigenvalue weighted by Gasteiger charge is 2.20. The molecule has 0 saturated carbocycles. The standard InChI is InChI=1S/C11H13N5O5.C6H6N4O4.C5H9NO2.ClH/c1-7(17)10(12-2)6-13-14-9-4-3-8(15(18)19)5-11(9)16(20)21;7-8-5-2-1-4(9(11)12)3-6(5)10(13)14;1-4(8)5(3-7)6-2;/h3-6,10,12,14H,1-2H3;1-3,8H,7H2;3,5-6H,1-2H3;1H/b13-6-;;;/t10-;;5-;/m1.1./s1. The van der Waals surface area contributed by atoms with Crippen LogP contribution in [0, 0.1) is 40.5 Å². The van der Waals surface area contributed by atoms with E-state index >= 15 is 0 Å². The molecule has 0 bridgehead atoms. The SMILES string of the molecule is CN[C@H](/C=N\Nc1ccc([N+](=O)[O-])cc1[N+](=O)[O-])C(C)=O.CN[C@H](C=O)C(C)=O.Cl.NNc1ccc([N+](=O)[O-])cc1[N+](=O)[O-]. The van der Waals surface area contributed by atoms with Crippen LogP contribution < -0.4 is 27.3 Å². The number of carbonyl (C=O) groups is 3. The number of carbonyl (C=O) groups excluding carboxylic acids is 3. The fraction of sp³-hybridized carbons (Fsp3) is 0.273. The second-order valence-electron chi connectivity index (χ2n) is 7.86. The smallest absolute Gasteiger partial charge is 0.301 e. The van der Waals surface area contributed by atoms with Gasteiger partial charge in [0.2, 0.25) is 0 Å². The predicted octanol–water partition coefficient (Wildman–Crippen LogP) is 1.65. The van der Waals surface area contributed by atoms with Crippen molar-refractivity contribution in [2.45, 2.75) is 25.9 Å². The molecule has 0 aliphatic rings. The number of benzene rings is 2. The maximum absolute atomic E-state index is 11.1. The highest BCUT2D eigenvalue weighted by Crippen LogP contribution is 2.29. The largest absolute Gasteiger partial charge is 0.318 e. The van der Waals surface area contributed by atoms with Crippen molar-refractivity contribution in [3.05, 3.63) is 76.9 Å². The second kappa shape index (κ2) is 20.4. The van der Waals surface area contributed by atoms with E-state index in [-0.39, 0.29) is 41.0 Å². The summed E-state index contributed by atoms with van der Waals surface area (Å²) >= 11 is 0. The lowest BCUT2D eigenvalue weighted by atomic mass is 10.2. The van der Waals surface area contributed by atoms with Gasteiger partial charge in [-0.2, -0.15) is 5.10 Å². The topological polar surface area (TPSA) is 310 Å². The minimum atomic E-state index is -0.759. The van der Waals surface area contributed by atoms with Gasteiger partial charge in [-0.05, 0) is 40.1 Å². The van der Waals surface area contributed by atoms with E-state index in [2.05, 4.69) is 26.6 Å². The highest BCUT2D eigenvalue weighted by molar-refractivity contribution is 5.97. The number of hydrazine groups is 1.